The van der Waals surface area contributed by atoms with E-state index in [2.05, 4.69) is 5.32 Å². The molecule has 1 fully saturated rings. The minimum absolute atomic E-state index is 0.0979. The van der Waals surface area contributed by atoms with Crippen LogP contribution in [0.1, 0.15) is 28.8 Å². The van der Waals surface area contributed by atoms with Crippen molar-refractivity contribution in [2.24, 2.45) is 0 Å². The third-order valence-corrected chi connectivity index (χ3v) is 5.13. The molecule has 20 heavy (non-hydrogen) atoms. The highest BCUT2D eigenvalue weighted by Crippen LogP contribution is 2.14. The summed E-state index contributed by atoms with van der Waals surface area (Å²) in [6, 6.07) is 4.08. The van der Waals surface area contributed by atoms with E-state index in [1.54, 1.807) is 6.07 Å². The first-order valence-corrected chi connectivity index (χ1v) is 8.15. The summed E-state index contributed by atoms with van der Waals surface area (Å²) >= 11 is 0. The van der Waals surface area contributed by atoms with E-state index in [1.807, 2.05) is 0 Å². The van der Waals surface area contributed by atoms with Gasteiger partial charge in [-0.25, -0.2) is 17.6 Å². The zero-order chi connectivity index (χ0) is 14.8. The van der Waals surface area contributed by atoms with Gasteiger partial charge in [0.1, 0.15) is 15.7 Å². The molecule has 1 aromatic rings. The van der Waals surface area contributed by atoms with Gasteiger partial charge in [0.05, 0.1) is 17.1 Å². The minimum atomic E-state index is -2.89. The second-order valence-corrected chi connectivity index (χ2v) is 7.23. The number of sulfone groups is 1. The van der Waals surface area contributed by atoms with Crippen molar-refractivity contribution in [1.29, 1.82) is 0 Å². The lowest BCUT2D eigenvalue weighted by molar-refractivity contribution is 0.0692. The lowest BCUT2D eigenvalue weighted by Gasteiger charge is -2.23. The monoisotopic (exact) mass is 301 g/mol. The molecule has 0 atom stereocenters. The molecule has 5 nitrogen and oxygen atoms in total. The van der Waals surface area contributed by atoms with Crippen molar-refractivity contribution in [1.82, 2.24) is 5.32 Å². The number of benzene rings is 1. The summed E-state index contributed by atoms with van der Waals surface area (Å²) in [4.78, 5) is 10.7. The fourth-order valence-corrected chi connectivity index (χ4v) is 3.69. The predicted molar refractivity (Wildman–Crippen MR) is 71.9 cm³/mol. The van der Waals surface area contributed by atoms with Gasteiger partial charge in [-0.15, -0.1) is 0 Å². The van der Waals surface area contributed by atoms with Gasteiger partial charge < -0.3 is 10.4 Å². The first kappa shape index (κ1) is 14.9. The quantitative estimate of drug-likeness (QED) is 0.873. The number of hydrogen-bond acceptors (Lipinski definition) is 4. The highest BCUT2D eigenvalue weighted by molar-refractivity contribution is 7.91. The molecule has 0 aliphatic carbocycles. The molecule has 1 aromatic carbocycles. The van der Waals surface area contributed by atoms with Gasteiger partial charge in [0.25, 0.3) is 0 Å². The molecule has 110 valence electrons. The highest BCUT2D eigenvalue weighted by Gasteiger charge is 2.23. The van der Waals surface area contributed by atoms with Gasteiger partial charge in [0.2, 0.25) is 0 Å². The van der Waals surface area contributed by atoms with Crippen LogP contribution in [0.4, 0.5) is 4.39 Å². The van der Waals surface area contributed by atoms with Gasteiger partial charge in [0, 0.05) is 12.6 Å². The largest absolute Gasteiger partial charge is 0.478 e. The van der Waals surface area contributed by atoms with Crippen LogP contribution in [-0.4, -0.2) is 37.0 Å². The smallest absolute Gasteiger partial charge is 0.338 e. The Kier molecular flexibility index (Phi) is 4.39. The van der Waals surface area contributed by atoms with Gasteiger partial charge in [-0.3, -0.25) is 0 Å². The Morgan fingerprint density at radius 3 is 2.55 bits per heavy atom. The van der Waals surface area contributed by atoms with Gasteiger partial charge >= 0.3 is 5.97 Å². The van der Waals surface area contributed by atoms with Crippen molar-refractivity contribution in [3.8, 4) is 0 Å². The van der Waals surface area contributed by atoms with Gasteiger partial charge in [0.15, 0.2) is 0 Å². The Morgan fingerprint density at radius 2 is 2.00 bits per heavy atom. The van der Waals surface area contributed by atoms with Crippen LogP contribution in [0.5, 0.6) is 0 Å². The van der Waals surface area contributed by atoms with Crippen molar-refractivity contribution in [3.63, 3.8) is 0 Å². The number of carbonyl (C=O) groups is 1. The Labute approximate surface area is 116 Å². The molecular formula is C13H16FNO4S. The Bertz CT molecular complexity index is 601. The first-order chi connectivity index (χ1) is 9.37. The van der Waals surface area contributed by atoms with Gasteiger partial charge in [-0.1, -0.05) is 6.07 Å². The van der Waals surface area contributed by atoms with Crippen LogP contribution < -0.4 is 5.32 Å². The zero-order valence-corrected chi connectivity index (χ0v) is 11.6. The van der Waals surface area contributed by atoms with Crippen molar-refractivity contribution >= 4 is 15.8 Å². The van der Waals surface area contributed by atoms with Crippen LogP contribution in [0.25, 0.3) is 0 Å². The maximum absolute atomic E-state index is 13.5. The summed E-state index contributed by atoms with van der Waals surface area (Å²) in [5.74, 6) is -1.70. The Balaban J connectivity index is 1.92. The third kappa shape index (κ3) is 3.77. The van der Waals surface area contributed by atoms with Crippen molar-refractivity contribution < 1.29 is 22.7 Å². The number of carboxylic acid groups (broad SMARTS) is 1. The predicted octanol–water partition coefficient (Wildman–Crippen LogP) is 1.19. The average Bonchev–Trinajstić information content (AvgIpc) is 2.37. The van der Waals surface area contributed by atoms with Gasteiger partial charge in [-0.2, -0.15) is 0 Å². The summed E-state index contributed by atoms with van der Waals surface area (Å²) in [5.41, 5.74) is 0.290. The van der Waals surface area contributed by atoms with Crippen LogP contribution in [0.3, 0.4) is 0 Å². The second-order valence-electron chi connectivity index (χ2n) is 4.93. The number of nitrogens with one attached hydrogen (secondary N) is 1. The Morgan fingerprint density at radius 1 is 1.35 bits per heavy atom. The second kappa shape index (κ2) is 5.88. The van der Waals surface area contributed by atoms with E-state index in [0.29, 0.717) is 24.9 Å². The molecule has 2 rings (SSSR count). The van der Waals surface area contributed by atoms with Crippen LogP contribution in [-0.2, 0) is 16.4 Å². The fourth-order valence-electron chi connectivity index (χ4n) is 2.20. The summed E-state index contributed by atoms with van der Waals surface area (Å²) in [5, 5.41) is 11.9. The van der Waals surface area contributed by atoms with E-state index < -0.39 is 21.6 Å². The standard InChI is InChI=1S/C13H16FNO4S/c14-12-7-9(1-2-11(12)13(16)17)8-15-10-3-5-20(18,19)6-4-10/h1-2,7,10,15H,3-6,8H2,(H,16,17). The van der Waals surface area contributed by atoms with Crippen LogP contribution in [0, 0.1) is 5.82 Å². The normalized spacial score (nSPS) is 18.9. The van der Waals surface area contributed by atoms with Crippen molar-refractivity contribution in [2.75, 3.05) is 11.5 Å². The van der Waals surface area contributed by atoms with E-state index in [-0.39, 0.29) is 23.1 Å². The molecule has 7 heteroatoms. The molecule has 0 amide bonds. The lowest BCUT2D eigenvalue weighted by Crippen LogP contribution is -2.37. The van der Waals surface area contributed by atoms with Crippen LogP contribution in [0.15, 0.2) is 18.2 Å². The van der Waals surface area contributed by atoms with E-state index in [4.69, 9.17) is 5.11 Å². The molecule has 1 aliphatic rings. The highest BCUT2D eigenvalue weighted by atomic mass is 32.2. The van der Waals surface area contributed by atoms with E-state index >= 15 is 0 Å². The Hall–Kier alpha value is -1.47. The molecule has 2 N–H and O–H groups in total. The summed E-state index contributed by atoms with van der Waals surface area (Å²) in [7, 11) is -2.89. The number of carboxylic acids is 1. The fraction of sp³-hybridized carbons (Fsp3) is 0.462. The number of hydrogen-bond donors (Lipinski definition) is 2. The zero-order valence-electron chi connectivity index (χ0n) is 10.8. The number of rotatable bonds is 4. The molecule has 1 aliphatic heterocycles. The molecule has 0 spiro atoms. The van der Waals surface area contributed by atoms with Gasteiger partial charge in [-0.05, 0) is 30.5 Å². The summed E-state index contributed by atoms with van der Waals surface area (Å²) in [6.07, 6.45) is 1.11. The molecular weight excluding hydrogens is 285 g/mol. The number of aromatic carboxylic acids is 1. The van der Waals surface area contributed by atoms with Crippen molar-refractivity contribution in [2.45, 2.75) is 25.4 Å². The average molecular weight is 301 g/mol. The van der Waals surface area contributed by atoms with Crippen LogP contribution >= 0.6 is 0 Å². The lowest BCUT2D eigenvalue weighted by atomic mass is 10.1. The van der Waals surface area contributed by atoms with E-state index in [1.165, 1.54) is 12.1 Å². The molecule has 0 bridgehead atoms. The first-order valence-electron chi connectivity index (χ1n) is 6.33. The molecule has 0 saturated carbocycles. The van der Waals surface area contributed by atoms with E-state index in [9.17, 15) is 17.6 Å². The molecule has 0 aromatic heterocycles. The molecule has 0 radical (unpaired) electrons. The molecule has 1 saturated heterocycles. The van der Waals surface area contributed by atoms with Crippen molar-refractivity contribution in [3.05, 3.63) is 35.1 Å². The number of halogens is 1. The minimum Gasteiger partial charge on any atom is -0.478 e. The summed E-state index contributed by atoms with van der Waals surface area (Å²) < 4.78 is 36.0. The maximum atomic E-state index is 13.5. The van der Waals surface area contributed by atoms with Crippen LogP contribution in [0.2, 0.25) is 0 Å². The topological polar surface area (TPSA) is 83.5 Å². The summed E-state index contributed by atoms with van der Waals surface area (Å²) in [6.45, 7) is 0.390. The maximum Gasteiger partial charge on any atom is 0.338 e. The third-order valence-electron chi connectivity index (χ3n) is 3.41. The molecule has 0 unspecified atom stereocenters. The molecule has 1 heterocycles. The SMILES string of the molecule is O=C(O)c1ccc(CNC2CCS(=O)(=O)CC2)cc1F. The van der Waals surface area contributed by atoms with E-state index in [0.717, 1.165) is 0 Å².